The van der Waals surface area contributed by atoms with E-state index < -0.39 is 0 Å². The van der Waals surface area contributed by atoms with Crippen molar-refractivity contribution in [3.8, 4) is 17.3 Å². The van der Waals surface area contributed by atoms with Gasteiger partial charge in [-0.05, 0) is 31.0 Å². The molecule has 0 aliphatic carbocycles. The Morgan fingerprint density at radius 2 is 1.89 bits per heavy atom. The standard InChI is InChI=1S/C15H14N2O/c1-10-7-11(2)17-15(14(10)8-16)13-5-3-12(9-18)4-6-13/h3-7,18H,9H2,1-2H3. The van der Waals surface area contributed by atoms with Crippen LogP contribution in [0.2, 0.25) is 0 Å². The number of benzene rings is 1. The third-order valence-electron chi connectivity index (χ3n) is 2.87. The van der Waals surface area contributed by atoms with E-state index in [9.17, 15) is 5.26 Å². The molecule has 1 aromatic carbocycles. The first kappa shape index (κ1) is 12.3. The number of aliphatic hydroxyl groups excluding tert-OH is 1. The first-order valence-corrected chi connectivity index (χ1v) is 5.74. The molecule has 90 valence electrons. The number of hydrogen-bond acceptors (Lipinski definition) is 3. The highest BCUT2D eigenvalue weighted by Crippen LogP contribution is 2.24. The molecule has 1 N–H and O–H groups in total. The van der Waals surface area contributed by atoms with E-state index in [1.54, 1.807) is 0 Å². The van der Waals surface area contributed by atoms with Gasteiger partial charge >= 0.3 is 0 Å². The van der Waals surface area contributed by atoms with Crippen molar-refractivity contribution in [2.75, 3.05) is 0 Å². The van der Waals surface area contributed by atoms with Gasteiger partial charge in [0.2, 0.25) is 0 Å². The lowest BCUT2D eigenvalue weighted by Crippen LogP contribution is -1.96. The fourth-order valence-electron chi connectivity index (χ4n) is 1.95. The summed E-state index contributed by atoms with van der Waals surface area (Å²) in [4.78, 5) is 4.45. The van der Waals surface area contributed by atoms with E-state index in [-0.39, 0.29) is 6.61 Å². The summed E-state index contributed by atoms with van der Waals surface area (Å²) in [5.41, 5.74) is 4.90. The van der Waals surface area contributed by atoms with Crippen molar-refractivity contribution >= 4 is 0 Å². The molecule has 1 aromatic heterocycles. The van der Waals surface area contributed by atoms with E-state index in [4.69, 9.17) is 5.11 Å². The minimum atomic E-state index is 0.0195. The van der Waals surface area contributed by atoms with Gasteiger partial charge in [0.1, 0.15) is 6.07 Å². The highest BCUT2D eigenvalue weighted by molar-refractivity contribution is 5.68. The van der Waals surface area contributed by atoms with E-state index in [0.29, 0.717) is 11.3 Å². The Balaban J connectivity index is 2.59. The molecule has 0 atom stereocenters. The van der Waals surface area contributed by atoms with Gasteiger partial charge in [0.05, 0.1) is 17.9 Å². The third kappa shape index (κ3) is 2.24. The molecule has 0 fully saturated rings. The summed E-state index contributed by atoms with van der Waals surface area (Å²) in [7, 11) is 0. The Labute approximate surface area is 106 Å². The zero-order valence-electron chi connectivity index (χ0n) is 10.4. The number of rotatable bonds is 2. The van der Waals surface area contributed by atoms with Crippen LogP contribution in [0.1, 0.15) is 22.4 Å². The van der Waals surface area contributed by atoms with Crippen molar-refractivity contribution < 1.29 is 5.11 Å². The van der Waals surface area contributed by atoms with Crippen LogP contribution >= 0.6 is 0 Å². The van der Waals surface area contributed by atoms with Gasteiger partial charge in [0.25, 0.3) is 0 Å². The second-order valence-corrected chi connectivity index (χ2v) is 4.27. The number of nitrogens with zero attached hydrogens (tertiary/aromatic N) is 2. The molecule has 0 saturated heterocycles. The molecular formula is C15H14N2O. The molecule has 1 heterocycles. The van der Waals surface area contributed by atoms with E-state index in [2.05, 4.69) is 11.1 Å². The highest BCUT2D eigenvalue weighted by Gasteiger charge is 2.10. The van der Waals surface area contributed by atoms with Crippen LogP contribution in [0.25, 0.3) is 11.3 Å². The van der Waals surface area contributed by atoms with Gasteiger partial charge in [-0.3, -0.25) is 4.98 Å². The van der Waals surface area contributed by atoms with Gasteiger partial charge in [0.15, 0.2) is 0 Å². The number of hydrogen-bond donors (Lipinski definition) is 1. The van der Waals surface area contributed by atoms with Crippen LogP contribution in [0.15, 0.2) is 30.3 Å². The molecule has 3 nitrogen and oxygen atoms in total. The van der Waals surface area contributed by atoms with Crippen LogP contribution < -0.4 is 0 Å². The molecule has 2 rings (SSSR count). The molecule has 0 amide bonds. The lowest BCUT2D eigenvalue weighted by Gasteiger charge is -2.08. The number of aromatic nitrogens is 1. The molecule has 0 bridgehead atoms. The van der Waals surface area contributed by atoms with E-state index in [0.717, 1.165) is 22.4 Å². The molecule has 0 aliphatic rings. The summed E-state index contributed by atoms with van der Waals surface area (Å²) < 4.78 is 0. The van der Waals surface area contributed by atoms with Crippen LogP contribution in [0.5, 0.6) is 0 Å². The summed E-state index contributed by atoms with van der Waals surface area (Å²) in [6.45, 7) is 3.85. The van der Waals surface area contributed by atoms with E-state index in [1.165, 1.54) is 0 Å². The van der Waals surface area contributed by atoms with Gasteiger partial charge in [-0.15, -0.1) is 0 Å². The minimum Gasteiger partial charge on any atom is -0.392 e. The first-order valence-electron chi connectivity index (χ1n) is 5.74. The average Bonchev–Trinajstić information content (AvgIpc) is 2.38. The molecule has 0 aliphatic heterocycles. The third-order valence-corrected chi connectivity index (χ3v) is 2.87. The van der Waals surface area contributed by atoms with Crippen molar-refractivity contribution in [3.63, 3.8) is 0 Å². The number of aryl methyl sites for hydroxylation is 2. The highest BCUT2D eigenvalue weighted by atomic mass is 16.3. The smallest absolute Gasteiger partial charge is 0.102 e. The zero-order valence-corrected chi connectivity index (χ0v) is 10.4. The van der Waals surface area contributed by atoms with Crippen LogP contribution in [-0.4, -0.2) is 10.1 Å². The van der Waals surface area contributed by atoms with E-state index >= 15 is 0 Å². The maximum atomic E-state index is 9.22. The van der Waals surface area contributed by atoms with Gasteiger partial charge < -0.3 is 5.11 Å². The average molecular weight is 238 g/mol. The molecular weight excluding hydrogens is 224 g/mol. The Morgan fingerprint density at radius 3 is 2.44 bits per heavy atom. The molecule has 18 heavy (non-hydrogen) atoms. The van der Waals surface area contributed by atoms with Crippen LogP contribution in [0.3, 0.4) is 0 Å². The zero-order chi connectivity index (χ0) is 13.1. The van der Waals surface area contributed by atoms with Crippen molar-refractivity contribution in [1.29, 1.82) is 5.26 Å². The number of aliphatic hydroxyl groups is 1. The Hall–Kier alpha value is -2.18. The van der Waals surface area contributed by atoms with Crippen molar-refractivity contribution in [1.82, 2.24) is 4.98 Å². The minimum absolute atomic E-state index is 0.0195. The normalized spacial score (nSPS) is 10.1. The summed E-state index contributed by atoms with van der Waals surface area (Å²) in [5.74, 6) is 0. The van der Waals surface area contributed by atoms with Crippen LogP contribution in [0.4, 0.5) is 0 Å². The van der Waals surface area contributed by atoms with Crippen LogP contribution in [0, 0.1) is 25.2 Å². The Bertz CT molecular complexity index is 610. The Kier molecular flexibility index (Phi) is 3.40. The number of nitriles is 1. The molecule has 0 unspecified atom stereocenters. The van der Waals surface area contributed by atoms with Crippen molar-refractivity contribution in [2.24, 2.45) is 0 Å². The SMILES string of the molecule is Cc1cc(C)c(C#N)c(-c2ccc(CO)cc2)n1. The largest absolute Gasteiger partial charge is 0.392 e. The lowest BCUT2D eigenvalue weighted by atomic mass is 10.0. The van der Waals surface area contributed by atoms with Crippen molar-refractivity contribution in [2.45, 2.75) is 20.5 Å². The first-order chi connectivity index (χ1) is 8.65. The van der Waals surface area contributed by atoms with Gasteiger partial charge in [-0.2, -0.15) is 5.26 Å². The second kappa shape index (κ2) is 4.99. The van der Waals surface area contributed by atoms with Gasteiger partial charge in [-0.1, -0.05) is 24.3 Å². The van der Waals surface area contributed by atoms with Gasteiger partial charge in [-0.25, -0.2) is 0 Å². The maximum absolute atomic E-state index is 9.22. The van der Waals surface area contributed by atoms with Crippen LogP contribution in [-0.2, 0) is 6.61 Å². The summed E-state index contributed by atoms with van der Waals surface area (Å²) in [6, 6.07) is 11.6. The molecule has 0 spiro atoms. The fourth-order valence-corrected chi connectivity index (χ4v) is 1.95. The predicted octanol–water partition coefficient (Wildman–Crippen LogP) is 2.73. The maximum Gasteiger partial charge on any atom is 0.102 e. The molecule has 0 radical (unpaired) electrons. The Morgan fingerprint density at radius 1 is 1.22 bits per heavy atom. The van der Waals surface area contributed by atoms with Gasteiger partial charge in [0, 0.05) is 11.3 Å². The quantitative estimate of drug-likeness (QED) is 0.875. The molecule has 3 heteroatoms. The van der Waals surface area contributed by atoms with E-state index in [1.807, 2.05) is 44.2 Å². The molecule has 2 aromatic rings. The fraction of sp³-hybridized carbons (Fsp3) is 0.200. The second-order valence-electron chi connectivity index (χ2n) is 4.27. The number of pyridine rings is 1. The summed E-state index contributed by atoms with van der Waals surface area (Å²) in [6.07, 6.45) is 0. The topological polar surface area (TPSA) is 56.9 Å². The monoisotopic (exact) mass is 238 g/mol. The summed E-state index contributed by atoms with van der Waals surface area (Å²) >= 11 is 0. The lowest BCUT2D eigenvalue weighted by molar-refractivity contribution is 0.282. The molecule has 0 saturated carbocycles. The van der Waals surface area contributed by atoms with Crippen molar-refractivity contribution in [3.05, 3.63) is 52.7 Å². The summed E-state index contributed by atoms with van der Waals surface area (Å²) in [5, 5.41) is 18.2. The predicted molar refractivity (Wildman–Crippen MR) is 69.8 cm³/mol.